The molecule has 0 aliphatic heterocycles. The van der Waals surface area contributed by atoms with Crippen molar-refractivity contribution in [1.82, 2.24) is 0 Å². The van der Waals surface area contributed by atoms with E-state index in [0.717, 1.165) is 17.8 Å². The zero-order chi connectivity index (χ0) is 9.00. The predicted octanol–water partition coefficient (Wildman–Crippen LogP) is 3.70. The van der Waals surface area contributed by atoms with Crippen molar-refractivity contribution in [3.05, 3.63) is 22.8 Å². The SMILES string of the molecule is CC1=C(C2CC2)C=C(C2CC2C)C1. The molecule has 0 saturated heterocycles. The molecule has 2 saturated carbocycles. The van der Waals surface area contributed by atoms with Gasteiger partial charge in [-0.1, -0.05) is 24.1 Å². The molecule has 0 nitrogen and oxygen atoms in total. The van der Waals surface area contributed by atoms with Crippen LogP contribution in [-0.4, -0.2) is 0 Å². The van der Waals surface area contributed by atoms with Gasteiger partial charge in [-0.3, -0.25) is 0 Å². The molecule has 13 heavy (non-hydrogen) atoms. The fourth-order valence-corrected chi connectivity index (χ4v) is 2.72. The lowest BCUT2D eigenvalue weighted by Gasteiger charge is -1.98. The van der Waals surface area contributed by atoms with Gasteiger partial charge in [0.1, 0.15) is 0 Å². The zero-order valence-corrected chi connectivity index (χ0v) is 8.64. The van der Waals surface area contributed by atoms with E-state index >= 15 is 0 Å². The summed E-state index contributed by atoms with van der Waals surface area (Å²) in [4.78, 5) is 0. The topological polar surface area (TPSA) is 0 Å². The Labute approximate surface area is 80.7 Å². The molecule has 2 fully saturated rings. The summed E-state index contributed by atoms with van der Waals surface area (Å²) >= 11 is 0. The molecule has 0 amide bonds. The van der Waals surface area contributed by atoms with Crippen LogP contribution in [0.15, 0.2) is 22.8 Å². The van der Waals surface area contributed by atoms with Crippen molar-refractivity contribution in [2.45, 2.75) is 39.5 Å². The molecule has 0 radical (unpaired) electrons. The van der Waals surface area contributed by atoms with Crippen molar-refractivity contribution in [3.8, 4) is 0 Å². The summed E-state index contributed by atoms with van der Waals surface area (Å²) in [5, 5.41) is 0. The van der Waals surface area contributed by atoms with Crippen molar-refractivity contribution >= 4 is 0 Å². The largest absolute Gasteiger partial charge is 0.0658 e. The molecule has 0 aromatic rings. The summed E-state index contributed by atoms with van der Waals surface area (Å²) in [5.41, 5.74) is 5.15. The molecule has 0 aromatic heterocycles. The van der Waals surface area contributed by atoms with Gasteiger partial charge < -0.3 is 0 Å². The van der Waals surface area contributed by atoms with Crippen LogP contribution in [0.1, 0.15) is 39.5 Å². The van der Waals surface area contributed by atoms with Gasteiger partial charge in [0.05, 0.1) is 0 Å². The summed E-state index contributed by atoms with van der Waals surface area (Å²) in [6.45, 7) is 4.72. The van der Waals surface area contributed by atoms with Crippen molar-refractivity contribution in [2.75, 3.05) is 0 Å². The van der Waals surface area contributed by atoms with Gasteiger partial charge in [-0.15, -0.1) is 0 Å². The highest BCUT2D eigenvalue weighted by atomic mass is 14.4. The first-order valence-electron chi connectivity index (χ1n) is 5.66. The molecule has 3 aliphatic rings. The highest BCUT2D eigenvalue weighted by Crippen LogP contribution is 2.51. The molecule has 0 spiro atoms. The van der Waals surface area contributed by atoms with Crippen molar-refractivity contribution in [3.63, 3.8) is 0 Å². The highest BCUT2D eigenvalue weighted by Gasteiger charge is 2.38. The van der Waals surface area contributed by atoms with Gasteiger partial charge in [0, 0.05) is 0 Å². The van der Waals surface area contributed by atoms with Crippen LogP contribution in [0.5, 0.6) is 0 Å². The van der Waals surface area contributed by atoms with Crippen LogP contribution in [0.2, 0.25) is 0 Å². The minimum Gasteiger partial charge on any atom is -0.0658 e. The van der Waals surface area contributed by atoms with E-state index in [1.807, 2.05) is 0 Å². The summed E-state index contributed by atoms with van der Waals surface area (Å²) in [6, 6.07) is 0. The first-order chi connectivity index (χ1) is 6.25. The van der Waals surface area contributed by atoms with Gasteiger partial charge in [0.15, 0.2) is 0 Å². The van der Waals surface area contributed by atoms with Crippen LogP contribution in [-0.2, 0) is 0 Å². The second-order valence-corrected chi connectivity index (χ2v) is 5.23. The third-order valence-corrected chi connectivity index (χ3v) is 3.91. The molecule has 0 bridgehead atoms. The number of rotatable bonds is 2. The van der Waals surface area contributed by atoms with Crippen LogP contribution < -0.4 is 0 Å². The lowest BCUT2D eigenvalue weighted by molar-refractivity contribution is 0.833. The average molecular weight is 174 g/mol. The maximum Gasteiger partial charge on any atom is -0.00992 e. The summed E-state index contributed by atoms with van der Waals surface area (Å²) < 4.78 is 0. The molecule has 0 heteroatoms. The molecule has 0 N–H and O–H groups in total. The van der Waals surface area contributed by atoms with E-state index in [1.54, 1.807) is 16.7 Å². The van der Waals surface area contributed by atoms with E-state index in [4.69, 9.17) is 0 Å². The third kappa shape index (κ3) is 1.27. The lowest BCUT2D eigenvalue weighted by Crippen LogP contribution is -1.83. The Morgan fingerprint density at radius 3 is 2.54 bits per heavy atom. The van der Waals surface area contributed by atoms with Crippen LogP contribution in [0.3, 0.4) is 0 Å². The van der Waals surface area contributed by atoms with E-state index in [0.29, 0.717) is 0 Å². The zero-order valence-electron chi connectivity index (χ0n) is 8.64. The Morgan fingerprint density at radius 2 is 2.00 bits per heavy atom. The Bertz CT molecular complexity index is 302. The van der Waals surface area contributed by atoms with Crippen molar-refractivity contribution < 1.29 is 0 Å². The first kappa shape index (κ1) is 7.84. The molecular formula is C13H18. The maximum absolute atomic E-state index is 2.54. The van der Waals surface area contributed by atoms with Crippen LogP contribution in [0.4, 0.5) is 0 Å². The van der Waals surface area contributed by atoms with E-state index in [9.17, 15) is 0 Å². The van der Waals surface area contributed by atoms with E-state index in [2.05, 4.69) is 19.9 Å². The third-order valence-electron chi connectivity index (χ3n) is 3.91. The van der Waals surface area contributed by atoms with Gasteiger partial charge in [-0.25, -0.2) is 0 Å². The van der Waals surface area contributed by atoms with Gasteiger partial charge in [0.2, 0.25) is 0 Å². The van der Waals surface area contributed by atoms with Crippen LogP contribution in [0.25, 0.3) is 0 Å². The molecular weight excluding hydrogens is 156 g/mol. The number of allylic oxidation sites excluding steroid dienone is 4. The minimum atomic E-state index is 0.964. The quantitative estimate of drug-likeness (QED) is 0.599. The molecule has 3 aliphatic carbocycles. The van der Waals surface area contributed by atoms with Crippen LogP contribution >= 0.6 is 0 Å². The summed E-state index contributed by atoms with van der Waals surface area (Å²) in [5.74, 6) is 2.91. The second kappa shape index (κ2) is 2.50. The van der Waals surface area contributed by atoms with Crippen molar-refractivity contribution in [1.29, 1.82) is 0 Å². The monoisotopic (exact) mass is 174 g/mol. The summed E-state index contributed by atoms with van der Waals surface area (Å²) in [6.07, 6.45) is 8.21. The predicted molar refractivity (Wildman–Crippen MR) is 55.4 cm³/mol. The van der Waals surface area contributed by atoms with Gasteiger partial charge in [-0.05, 0) is 55.9 Å². The molecule has 2 unspecified atom stereocenters. The Kier molecular flexibility index (Phi) is 1.51. The van der Waals surface area contributed by atoms with Crippen LogP contribution in [0, 0.1) is 17.8 Å². The molecule has 70 valence electrons. The fourth-order valence-electron chi connectivity index (χ4n) is 2.72. The number of hydrogen-bond donors (Lipinski definition) is 0. The molecule has 2 atom stereocenters. The number of hydrogen-bond acceptors (Lipinski definition) is 0. The molecule has 0 aromatic carbocycles. The average Bonchev–Trinajstić information content (AvgIpc) is 2.97. The maximum atomic E-state index is 2.54. The summed E-state index contributed by atoms with van der Waals surface area (Å²) in [7, 11) is 0. The van der Waals surface area contributed by atoms with E-state index in [1.165, 1.54) is 25.7 Å². The van der Waals surface area contributed by atoms with Gasteiger partial charge in [0.25, 0.3) is 0 Å². The Hall–Kier alpha value is -0.520. The normalized spacial score (nSPS) is 38.2. The van der Waals surface area contributed by atoms with E-state index in [-0.39, 0.29) is 0 Å². The molecule has 3 rings (SSSR count). The smallest absolute Gasteiger partial charge is 0.00992 e. The second-order valence-electron chi connectivity index (χ2n) is 5.23. The van der Waals surface area contributed by atoms with Gasteiger partial charge >= 0.3 is 0 Å². The Balaban J connectivity index is 1.78. The first-order valence-corrected chi connectivity index (χ1v) is 5.66. The van der Waals surface area contributed by atoms with Gasteiger partial charge in [-0.2, -0.15) is 0 Å². The standard InChI is InChI=1S/C13H18/c1-8-5-11(12-6-9(12)2)7-13(8)10-3-4-10/h7,9-10,12H,3-6H2,1-2H3. The fraction of sp³-hybridized carbons (Fsp3) is 0.692. The van der Waals surface area contributed by atoms with E-state index < -0.39 is 0 Å². The Morgan fingerprint density at radius 1 is 1.31 bits per heavy atom. The minimum absolute atomic E-state index is 0.964. The molecule has 0 heterocycles. The van der Waals surface area contributed by atoms with Crippen molar-refractivity contribution in [2.24, 2.45) is 17.8 Å². The lowest BCUT2D eigenvalue weighted by atomic mass is 10.1. The highest BCUT2D eigenvalue weighted by molar-refractivity contribution is 5.43.